The average Bonchev–Trinajstić information content (AvgIpc) is 2.55. The van der Waals surface area contributed by atoms with E-state index >= 15 is 0 Å². The third-order valence-corrected chi connectivity index (χ3v) is 3.12. The van der Waals surface area contributed by atoms with Gasteiger partial charge < -0.3 is 5.32 Å². The highest BCUT2D eigenvalue weighted by molar-refractivity contribution is 6.35. The number of benzene rings is 2. The first-order valence-electron chi connectivity index (χ1n) is 6.56. The minimum atomic E-state index is -0.834. The van der Waals surface area contributed by atoms with E-state index in [2.05, 4.69) is 15.8 Å². The normalized spacial score (nSPS) is 10.4. The number of amides is 2. The maximum Gasteiger partial charge on any atom is 0.329 e. The Balaban J connectivity index is 1.82. The van der Waals surface area contributed by atoms with Crippen molar-refractivity contribution in [2.45, 2.75) is 6.54 Å². The van der Waals surface area contributed by atoms with Crippen molar-refractivity contribution in [1.29, 1.82) is 0 Å². The van der Waals surface area contributed by atoms with Crippen LogP contribution in [0.4, 0.5) is 0 Å². The lowest BCUT2D eigenvalue weighted by Gasteiger charge is -2.03. The first-order chi connectivity index (χ1) is 10.7. The molecular formula is C16H14ClN3O2. The topological polar surface area (TPSA) is 70.6 Å². The van der Waals surface area contributed by atoms with Crippen LogP contribution in [0.15, 0.2) is 59.7 Å². The number of carbonyl (C=O) groups is 2. The summed E-state index contributed by atoms with van der Waals surface area (Å²) in [7, 11) is 0. The SMILES string of the molecule is O=C(NCc1ccccc1)C(=O)N/N=C/c1ccccc1Cl. The molecule has 0 aliphatic carbocycles. The van der Waals surface area contributed by atoms with Gasteiger partial charge in [-0.25, -0.2) is 5.43 Å². The number of nitrogens with one attached hydrogen (secondary N) is 2. The molecule has 2 aromatic carbocycles. The molecule has 2 rings (SSSR count). The lowest BCUT2D eigenvalue weighted by Crippen LogP contribution is -2.37. The fourth-order valence-electron chi connectivity index (χ4n) is 1.65. The summed E-state index contributed by atoms with van der Waals surface area (Å²) in [5.41, 5.74) is 3.71. The molecule has 0 aliphatic rings. The van der Waals surface area contributed by atoms with Crippen LogP contribution in [-0.2, 0) is 16.1 Å². The van der Waals surface area contributed by atoms with E-state index in [1.54, 1.807) is 24.3 Å². The molecule has 0 aromatic heterocycles. The Morgan fingerprint density at radius 3 is 2.41 bits per heavy atom. The second-order valence-corrected chi connectivity index (χ2v) is 4.80. The van der Waals surface area contributed by atoms with Gasteiger partial charge in [-0.2, -0.15) is 5.10 Å². The monoisotopic (exact) mass is 315 g/mol. The van der Waals surface area contributed by atoms with Crippen LogP contribution in [0, 0.1) is 0 Å². The van der Waals surface area contributed by atoms with Crippen LogP contribution in [-0.4, -0.2) is 18.0 Å². The maximum atomic E-state index is 11.6. The van der Waals surface area contributed by atoms with E-state index in [9.17, 15) is 9.59 Å². The van der Waals surface area contributed by atoms with Crippen molar-refractivity contribution in [3.63, 3.8) is 0 Å². The summed E-state index contributed by atoms with van der Waals surface area (Å²) in [6.07, 6.45) is 1.38. The highest BCUT2D eigenvalue weighted by Crippen LogP contribution is 2.11. The second-order valence-electron chi connectivity index (χ2n) is 4.39. The van der Waals surface area contributed by atoms with Gasteiger partial charge in [-0.05, 0) is 11.6 Å². The number of halogens is 1. The maximum absolute atomic E-state index is 11.6. The minimum absolute atomic E-state index is 0.279. The van der Waals surface area contributed by atoms with Crippen molar-refractivity contribution in [3.05, 3.63) is 70.7 Å². The van der Waals surface area contributed by atoms with E-state index in [1.807, 2.05) is 30.3 Å². The number of rotatable bonds is 4. The van der Waals surface area contributed by atoms with Crippen molar-refractivity contribution in [2.24, 2.45) is 5.10 Å². The van der Waals surface area contributed by atoms with Gasteiger partial charge in [0.25, 0.3) is 0 Å². The number of nitrogens with zero attached hydrogens (tertiary/aromatic N) is 1. The van der Waals surface area contributed by atoms with Crippen LogP contribution in [0.2, 0.25) is 5.02 Å². The van der Waals surface area contributed by atoms with Crippen molar-refractivity contribution in [3.8, 4) is 0 Å². The molecule has 0 aliphatic heterocycles. The molecule has 0 fully saturated rings. The molecule has 2 N–H and O–H groups in total. The Labute approximate surface area is 133 Å². The summed E-state index contributed by atoms with van der Waals surface area (Å²) < 4.78 is 0. The molecule has 2 amide bonds. The molecule has 0 heterocycles. The smallest absolute Gasteiger partial charge is 0.329 e. The zero-order chi connectivity index (χ0) is 15.8. The van der Waals surface area contributed by atoms with Gasteiger partial charge in [-0.3, -0.25) is 9.59 Å². The molecule has 0 bridgehead atoms. The zero-order valence-corrected chi connectivity index (χ0v) is 12.4. The molecule has 0 unspecified atom stereocenters. The van der Waals surface area contributed by atoms with E-state index in [4.69, 9.17) is 11.6 Å². The van der Waals surface area contributed by atoms with Gasteiger partial charge in [0.1, 0.15) is 0 Å². The molecule has 0 saturated heterocycles. The Bertz CT molecular complexity index is 687. The van der Waals surface area contributed by atoms with Gasteiger partial charge in [-0.15, -0.1) is 0 Å². The first kappa shape index (κ1) is 15.7. The van der Waals surface area contributed by atoms with E-state index in [0.717, 1.165) is 5.56 Å². The Hall–Kier alpha value is -2.66. The van der Waals surface area contributed by atoms with Crippen LogP contribution in [0.25, 0.3) is 0 Å². The standard InChI is InChI=1S/C16H14ClN3O2/c17-14-9-5-4-8-13(14)11-19-20-16(22)15(21)18-10-12-6-2-1-3-7-12/h1-9,11H,10H2,(H,18,21)(H,20,22)/b19-11+. The van der Waals surface area contributed by atoms with E-state index in [0.29, 0.717) is 10.6 Å². The first-order valence-corrected chi connectivity index (χ1v) is 6.94. The molecule has 0 radical (unpaired) electrons. The highest BCUT2D eigenvalue weighted by Gasteiger charge is 2.11. The van der Waals surface area contributed by atoms with Gasteiger partial charge in [0.15, 0.2) is 0 Å². The average molecular weight is 316 g/mol. The Morgan fingerprint density at radius 2 is 1.68 bits per heavy atom. The second kappa shape index (κ2) is 7.95. The molecule has 5 nitrogen and oxygen atoms in total. The fraction of sp³-hybridized carbons (Fsp3) is 0.0625. The molecule has 0 saturated carbocycles. The molecule has 112 valence electrons. The molecule has 0 atom stereocenters. The number of hydrazone groups is 1. The van der Waals surface area contributed by atoms with Crippen LogP contribution < -0.4 is 10.7 Å². The lowest BCUT2D eigenvalue weighted by atomic mass is 10.2. The van der Waals surface area contributed by atoms with E-state index in [1.165, 1.54) is 6.21 Å². The molecule has 2 aromatic rings. The van der Waals surface area contributed by atoms with Gasteiger partial charge >= 0.3 is 11.8 Å². The molecular weight excluding hydrogens is 302 g/mol. The summed E-state index contributed by atoms with van der Waals surface area (Å²) in [4.78, 5) is 23.2. The van der Waals surface area contributed by atoms with Crippen LogP contribution in [0.5, 0.6) is 0 Å². The van der Waals surface area contributed by atoms with E-state index in [-0.39, 0.29) is 6.54 Å². The van der Waals surface area contributed by atoms with Crippen molar-refractivity contribution in [1.82, 2.24) is 10.7 Å². The molecule has 6 heteroatoms. The summed E-state index contributed by atoms with van der Waals surface area (Å²) in [6, 6.07) is 16.3. The van der Waals surface area contributed by atoms with Gasteiger partial charge in [0.05, 0.1) is 6.21 Å². The van der Waals surface area contributed by atoms with Crippen LogP contribution in [0.3, 0.4) is 0 Å². The summed E-state index contributed by atoms with van der Waals surface area (Å²) in [5, 5.41) is 6.72. The number of carbonyl (C=O) groups excluding carboxylic acids is 2. The van der Waals surface area contributed by atoms with Crippen LogP contribution >= 0.6 is 11.6 Å². The van der Waals surface area contributed by atoms with Gasteiger partial charge in [-0.1, -0.05) is 60.1 Å². The zero-order valence-electron chi connectivity index (χ0n) is 11.6. The lowest BCUT2D eigenvalue weighted by molar-refractivity contribution is -0.139. The summed E-state index contributed by atoms with van der Waals surface area (Å²) >= 11 is 5.94. The third kappa shape index (κ3) is 4.71. The third-order valence-electron chi connectivity index (χ3n) is 2.78. The van der Waals surface area contributed by atoms with E-state index < -0.39 is 11.8 Å². The highest BCUT2D eigenvalue weighted by atomic mass is 35.5. The Kier molecular flexibility index (Phi) is 5.68. The van der Waals surface area contributed by atoms with Crippen LogP contribution in [0.1, 0.15) is 11.1 Å². The van der Waals surface area contributed by atoms with Gasteiger partial charge in [0, 0.05) is 17.1 Å². The quantitative estimate of drug-likeness (QED) is 0.515. The fourth-order valence-corrected chi connectivity index (χ4v) is 1.83. The molecule has 22 heavy (non-hydrogen) atoms. The Morgan fingerprint density at radius 1 is 1.00 bits per heavy atom. The van der Waals surface area contributed by atoms with Crippen molar-refractivity contribution >= 4 is 29.6 Å². The van der Waals surface area contributed by atoms with Crippen molar-refractivity contribution < 1.29 is 9.59 Å². The van der Waals surface area contributed by atoms with Crippen molar-refractivity contribution in [2.75, 3.05) is 0 Å². The largest absolute Gasteiger partial charge is 0.344 e. The van der Waals surface area contributed by atoms with Gasteiger partial charge in [0.2, 0.25) is 0 Å². The number of hydrogen-bond donors (Lipinski definition) is 2. The summed E-state index contributed by atoms with van der Waals surface area (Å²) in [6.45, 7) is 0.279. The summed E-state index contributed by atoms with van der Waals surface area (Å²) in [5.74, 6) is -1.58. The predicted molar refractivity (Wildman–Crippen MR) is 85.5 cm³/mol. The molecule has 0 spiro atoms. The predicted octanol–water partition coefficient (Wildman–Crippen LogP) is 2.11. The minimum Gasteiger partial charge on any atom is -0.344 e. The number of hydrogen-bond acceptors (Lipinski definition) is 3.